The third kappa shape index (κ3) is 4.07. The summed E-state index contributed by atoms with van der Waals surface area (Å²) in [7, 11) is -3.53. The van der Waals surface area contributed by atoms with E-state index in [1.54, 1.807) is 10.3 Å². The highest BCUT2D eigenvalue weighted by molar-refractivity contribution is 7.91. The lowest BCUT2D eigenvalue weighted by atomic mass is 10.1. The van der Waals surface area contributed by atoms with E-state index in [9.17, 15) is 13.2 Å². The van der Waals surface area contributed by atoms with Crippen LogP contribution in [0.5, 0.6) is 0 Å². The number of sulfonamides is 1. The first-order valence-electron chi connectivity index (χ1n) is 8.22. The Morgan fingerprint density at radius 2 is 2.08 bits per heavy atom. The number of hydrogen-bond acceptors (Lipinski definition) is 7. The Kier molecular flexibility index (Phi) is 5.50. The standard InChI is InChI=1S/C15H20N4O4S2/c1-2-6-16-25(21,22)12-9-11(10-24-12)13-17-18-14(23-13)15(20)19-7-4-3-5-8-19/h9-10,16H,2-8H2,1H3. The van der Waals surface area contributed by atoms with E-state index in [4.69, 9.17) is 4.42 Å². The van der Waals surface area contributed by atoms with E-state index in [-0.39, 0.29) is 21.9 Å². The Morgan fingerprint density at radius 1 is 1.32 bits per heavy atom. The number of likely N-dealkylation sites (tertiary alicyclic amines) is 1. The summed E-state index contributed by atoms with van der Waals surface area (Å²) in [5, 5.41) is 9.34. The van der Waals surface area contributed by atoms with Gasteiger partial charge in [-0.3, -0.25) is 4.79 Å². The Morgan fingerprint density at radius 3 is 2.80 bits per heavy atom. The number of carbonyl (C=O) groups excluding carboxylic acids is 1. The zero-order chi connectivity index (χ0) is 17.9. The molecule has 0 aliphatic carbocycles. The second-order valence-electron chi connectivity index (χ2n) is 5.82. The van der Waals surface area contributed by atoms with Crippen molar-refractivity contribution in [1.82, 2.24) is 19.8 Å². The summed E-state index contributed by atoms with van der Waals surface area (Å²) in [6, 6.07) is 1.48. The van der Waals surface area contributed by atoms with E-state index in [1.165, 1.54) is 6.07 Å². The molecule has 1 amide bonds. The molecule has 3 rings (SSSR count). The van der Waals surface area contributed by atoms with Gasteiger partial charge in [-0.25, -0.2) is 13.1 Å². The van der Waals surface area contributed by atoms with Crippen LogP contribution in [0, 0.1) is 0 Å². The fourth-order valence-corrected chi connectivity index (χ4v) is 4.87. The average Bonchev–Trinajstić information content (AvgIpc) is 3.29. The molecule has 2 aromatic rings. The minimum Gasteiger partial charge on any atom is -0.412 e. The second-order valence-corrected chi connectivity index (χ2v) is 8.72. The quantitative estimate of drug-likeness (QED) is 0.818. The molecule has 1 fully saturated rings. The van der Waals surface area contributed by atoms with Crippen LogP contribution in [0.15, 0.2) is 20.1 Å². The molecule has 1 N–H and O–H groups in total. The zero-order valence-corrected chi connectivity index (χ0v) is 15.5. The summed E-state index contributed by atoms with van der Waals surface area (Å²) in [5.74, 6) is -0.184. The van der Waals surface area contributed by atoms with Gasteiger partial charge in [-0.05, 0) is 31.7 Å². The van der Waals surface area contributed by atoms with Crippen LogP contribution in [0.1, 0.15) is 43.3 Å². The van der Waals surface area contributed by atoms with E-state index in [0.29, 0.717) is 31.6 Å². The maximum atomic E-state index is 12.4. The third-order valence-electron chi connectivity index (χ3n) is 3.88. The lowest BCUT2D eigenvalue weighted by Gasteiger charge is -2.24. The monoisotopic (exact) mass is 384 g/mol. The molecular formula is C15H20N4O4S2. The lowest BCUT2D eigenvalue weighted by Crippen LogP contribution is -2.35. The lowest BCUT2D eigenvalue weighted by molar-refractivity contribution is 0.0684. The molecule has 1 aliphatic rings. The normalized spacial score (nSPS) is 15.5. The largest absolute Gasteiger partial charge is 0.412 e. The van der Waals surface area contributed by atoms with Gasteiger partial charge >= 0.3 is 11.8 Å². The van der Waals surface area contributed by atoms with Gasteiger partial charge in [0.25, 0.3) is 0 Å². The van der Waals surface area contributed by atoms with Crippen LogP contribution in [0.25, 0.3) is 11.5 Å². The Balaban J connectivity index is 1.75. The van der Waals surface area contributed by atoms with Gasteiger partial charge in [0, 0.05) is 25.0 Å². The summed E-state index contributed by atoms with van der Waals surface area (Å²) < 4.78 is 32.4. The topological polar surface area (TPSA) is 105 Å². The highest BCUT2D eigenvalue weighted by Crippen LogP contribution is 2.28. The summed E-state index contributed by atoms with van der Waals surface area (Å²) in [6.45, 7) is 3.66. The van der Waals surface area contributed by atoms with Crippen molar-refractivity contribution in [2.45, 2.75) is 36.8 Å². The average molecular weight is 384 g/mol. The Hall–Kier alpha value is -1.78. The van der Waals surface area contributed by atoms with Gasteiger partial charge in [-0.2, -0.15) is 0 Å². The maximum absolute atomic E-state index is 12.4. The number of nitrogens with zero attached hydrogens (tertiary/aromatic N) is 3. The number of carbonyl (C=O) groups is 1. The van der Waals surface area contributed by atoms with E-state index >= 15 is 0 Å². The van der Waals surface area contributed by atoms with Crippen LogP contribution in [0.2, 0.25) is 0 Å². The van der Waals surface area contributed by atoms with Gasteiger partial charge in [-0.1, -0.05) is 6.92 Å². The molecule has 136 valence electrons. The highest BCUT2D eigenvalue weighted by Gasteiger charge is 2.25. The van der Waals surface area contributed by atoms with Crippen molar-refractivity contribution >= 4 is 27.3 Å². The highest BCUT2D eigenvalue weighted by atomic mass is 32.2. The predicted molar refractivity (Wildman–Crippen MR) is 92.8 cm³/mol. The molecule has 8 nitrogen and oxygen atoms in total. The number of piperidine rings is 1. The van der Waals surface area contributed by atoms with Crippen molar-refractivity contribution in [2.75, 3.05) is 19.6 Å². The van der Waals surface area contributed by atoms with Gasteiger partial charge in [0.15, 0.2) is 0 Å². The smallest absolute Gasteiger partial charge is 0.311 e. The number of hydrogen-bond donors (Lipinski definition) is 1. The van der Waals surface area contributed by atoms with Gasteiger partial charge in [0.2, 0.25) is 15.9 Å². The fraction of sp³-hybridized carbons (Fsp3) is 0.533. The Bertz CT molecular complexity index is 837. The van der Waals surface area contributed by atoms with Crippen molar-refractivity contribution in [2.24, 2.45) is 0 Å². The van der Waals surface area contributed by atoms with Crippen LogP contribution in [-0.2, 0) is 10.0 Å². The fourth-order valence-electron chi connectivity index (χ4n) is 2.54. The zero-order valence-electron chi connectivity index (χ0n) is 13.9. The molecule has 1 saturated heterocycles. The van der Waals surface area contributed by atoms with Crippen molar-refractivity contribution in [1.29, 1.82) is 0 Å². The van der Waals surface area contributed by atoms with E-state index < -0.39 is 10.0 Å². The summed E-state index contributed by atoms with van der Waals surface area (Å²) in [6.07, 6.45) is 3.78. The van der Waals surface area contributed by atoms with Crippen LogP contribution in [-0.4, -0.2) is 49.1 Å². The second kappa shape index (κ2) is 7.63. The van der Waals surface area contributed by atoms with Crippen molar-refractivity contribution in [3.05, 3.63) is 17.3 Å². The van der Waals surface area contributed by atoms with Gasteiger partial charge in [0.1, 0.15) is 4.21 Å². The van der Waals surface area contributed by atoms with E-state index in [0.717, 1.165) is 30.6 Å². The predicted octanol–water partition coefficient (Wildman–Crippen LogP) is 2.11. The van der Waals surface area contributed by atoms with Crippen molar-refractivity contribution in [3.63, 3.8) is 0 Å². The molecular weight excluding hydrogens is 364 g/mol. The molecule has 0 spiro atoms. The summed E-state index contributed by atoms with van der Waals surface area (Å²) in [5.41, 5.74) is 0.493. The van der Waals surface area contributed by atoms with Crippen molar-refractivity contribution in [3.8, 4) is 11.5 Å². The first-order valence-corrected chi connectivity index (χ1v) is 10.6. The van der Waals surface area contributed by atoms with Gasteiger partial charge in [-0.15, -0.1) is 21.5 Å². The minimum atomic E-state index is -3.53. The van der Waals surface area contributed by atoms with Gasteiger partial charge in [0.05, 0.1) is 5.56 Å². The molecule has 1 aliphatic heterocycles. The molecule has 0 bridgehead atoms. The molecule has 3 heterocycles. The number of aromatic nitrogens is 2. The molecule has 0 radical (unpaired) electrons. The van der Waals surface area contributed by atoms with E-state index in [2.05, 4.69) is 14.9 Å². The van der Waals surface area contributed by atoms with E-state index in [1.807, 2.05) is 6.92 Å². The maximum Gasteiger partial charge on any atom is 0.311 e. The number of amides is 1. The molecule has 0 aromatic carbocycles. The first kappa shape index (κ1) is 18.0. The van der Waals surface area contributed by atoms with Crippen molar-refractivity contribution < 1.29 is 17.6 Å². The third-order valence-corrected chi connectivity index (χ3v) is 6.78. The SMILES string of the molecule is CCCNS(=O)(=O)c1cc(-c2nnc(C(=O)N3CCCCC3)o2)cs1. The molecule has 2 aromatic heterocycles. The number of rotatable bonds is 6. The van der Waals surface area contributed by atoms with Crippen LogP contribution in [0.3, 0.4) is 0 Å². The first-order chi connectivity index (χ1) is 12.0. The Labute approximate surface area is 150 Å². The molecule has 0 unspecified atom stereocenters. The summed E-state index contributed by atoms with van der Waals surface area (Å²) >= 11 is 1.07. The molecule has 0 saturated carbocycles. The molecule has 10 heteroatoms. The van der Waals surface area contributed by atoms with Crippen LogP contribution < -0.4 is 4.72 Å². The molecule has 25 heavy (non-hydrogen) atoms. The van der Waals surface area contributed by atoms with Gasteiger partial charge < -0.3 is 9.32 Å². The molecule has 0 atom stereocenters. The number of thiophene rings is 1. The minimum absolute atomic E-state index is 0.0587. The number of nitrogens with one attached hydrogen (secondary N) is 1. The summed E-state index contributed by atoms with van der Waals surface area (Å²) in [4.78, 5) is 14.1. The van der Waals surface area contributed by atoms with Crippen LogP contribution >= 0.6 is 11.3 Å². The van der Waals surface area contributed by atoms with Crippen LogP contribution in [0.4, 0.5) is 0 Å².